The zero-order valence-corrected chi connectivity index (χ0v) is 17.2. The van der Waals surface area contributed by atoms with Gasteiger partial charge in [-0.1, -0.05) is 12.1 Å². The lowest BCUT2D eigenvalue weighted by atomic mass is 10.1. The number of nitrogens with zero attached hydrogens (tertiary/aromatic N) is 2. The van der Waals surface area contributed by atoms with Gasteiger partial charge in [-0.2, -0.15) is 4.31 Å². The number of sulfonamides is 1. The van der Waals surface area contributed by atoms with Gasteiger partial charge in [-0.05, 0) is 42.0 Å². The third kappa shape index (κ3) is 4.64. The van der Waals surface area contributed by atoms with E-state index >= 15 is 0 Å². The van der Waals surface area contributed by atoms with Crippen molar-refractivity contribution < 1.29 is 17.9 Å². The van der Waals surface area contributed by atoms with Crippen molar-refractivity contribution in [2.45, 2.75) is 11.4 Å². The van der Waals surface area contributed by atoms with Gasteiger partial charge in [0.2, 0.25) is 10.0 Å². The van der Waals surface area contributed by atoms with Gasteiger partial charge in [0.05, 0.1) is 12.0 Å². The number of halogens is 1. The van der Waals surface area contributed by atoms with Crippen LogP contribution in [-0.2, 0) is 16.6 Å². The number of rotatable bonds is 5. The van der Waals surface area contributed by atoms with E-state index in [-0.39, 0.29) is 36.3 Å². The first-order chi connectivity index (χ1) is 13.0. The summed E-state index contributed by atoms with van der Waals surface area (Å²) in [5, 5.41) is 0. The minimum absolute atomic E-state index is 0. The fourth-order valence-corrected chi connectivity index (χ4v) is 4.42. The summed E-state index contributed by atoms with van der Waals surface area (Å²) in [6.07, 6.45) is 0. The Balaban J connectivity index is 0.00000280. The second-order valence-electron chi connectivity index (χ2n) is 6.27. The summed E-state index contributed by atoms with van der Waals surface area (Å²) in [5.74, 6) is 0.505. The molecular weight excluding hydrogens is 402 g/mol. The maximum Gasteiger partial charge on any atom is 0.253 e. The molecule has 0 unspecified atom stereocenters. The van der Waals surface area contributed by atoms with Crippen LogP contribution in [0.3, 0.4) is 0 Å². The summed E-state index contributed by atoms with van der Waals surface area (Å²) in [6, 6.07) is 13.5. The largest absolute Gasteiger partial charge is 0.497 e. The molecule has 1 aliphatic rings. The lowest BCUT2D eigenvalue weighted by molar-refractivity contribution is 0.0698. The number of methoxy groups -OCH3 is 1. The predicted octanol–water partition coefficient (Wildman–Crippen LogP) is 1.72. The summed E-state index contributed by atoms with van der Waals surface area (Å²) >= 11 is 0. The maximum absolute atomic E-state index is 12.8. The molecule has 1 fully saturated rings. The van der Waals surface area contributed by atoms with Crippen molar-refractivity contribution in [2.75, 3.05) is 33.3 Å². The van der Waals surface area contributed by atoms with Gasteiger partial charge in [0.25, 0.3) is 5.91 Å². The van der Waals surface area contributed by atoms with Gasteiger partial charge in [-0.15, -0.1) is 12.4 Å². The number of benzene rings is 2. The topological polar surface area (TPSA) is 92.9 Å². The van der Waals surface area contributed by atoms with Gasteiger partial charge in [-0.25, -0.2) is 8.42 Å². The summed E-state index contributed by atoms with van der Waals surface area (Å²) in [7, 11) is -2.05. The van der Waals surface area contributed by atoms with E-state index in [1.54, 1.807) is 29.2 Å². The van der Waals surface area contributed by atoms with Crippen LogP contribution >= 0.6 is 12.4 Å². The number of nitrogens with two attached hydrogens (primary N) is 1. The van der Waals surface area contributed by atoms with Crippen LogP contribution in [0.5, 0.6) is 5.75 Å². The van der Waals surface area contributed by atoms with Gasteiger partial charge in [-0.3, -0.25) is 4.79 Å². The van der Waals surface area contributed by atoms with Crippen molar-refractivity contribution in [3.05, 3.63) is 59.7 Å². The Bertz CT molecular complexity index is 894. The quantitative estimate of drug-likeness (QED) is 0.787. The predicted molar refractivity (Wildman–Crippen MR) is 109 cm³/mol. The van der Waals surface area contributed by atoms with Crippen LogP contribution in [-0.4, -0.2) is 56.8 Å². The molecule has 1 aliphatic heterocycles. The van der Waals surface area contributed by atoms with Gasteiger partial charge < -0.3 is 15.4 Å². The first-order valence-electron chi connectivity index (χ1n) is 8.68. The van der Waals surface area contributed by atoms with E-state index in [2.05, 4.69) is 0 Å². The second-order valence-corrected chi connectivity index (χ2v) is 8.21. The summed E-state index contributed by atoms with van der Waals surface area (Å²) < 4.78 is 32.0. The number of hydrogen-bond acceptors (Lipinski definition) is 5. The third-order valence-corrected chi connectivity index (χ3v) is 6.57. The molecule has 0 atom stereocenters. The molecule has 2 aromatic rings. The minimum Gasteiger partial charge on any atom is -0.497 e. The second kappa shape index (κ2) is 9.38. The van der Waals surface area contributed by atoms with Crippen molar-refractivity contribution in [3.63, 3.8) is 0 Å². The molecule has 152 valence electrons. The molecule has 0 saturated carbocycles. The first kappa shape index (κ1) is 22.2. The van der Waals surface area contributed by atoms with Gasteiger partial charge >= 0.3 is 0 Å². The van der Waals surface area contributed by atoms with Crippen LogP contribution in [0.4, 0.5) is 0 Å². The van der Waals surface area contributed by atoms with E-state index in [0.29, 0.717) is 30.9 Å². The molecule has 2 aromatic carbocycles. The van der Waals surface area contributed by atoms with E-state index in [9.17, 15) is 13.2 Å². The number of amides is 1. The lowest BCUT2D eigenvalue weighted by Gasteiger charge is -2.34. The molecule has 1 heterocycles. The van der Waals surface area contributed by atoms with Gasteiger partial charge in [0, 0.05) is 38.3 Å². The fourth-order valence-electron chi connectivity index (χ4n) is 2.99. The molecule has 1 saturated heterocycles. The Morgan fingerprint density at radius 1 is 1.00 bits per heavy atom. The van der Waals surface area contributed by atoms with Crippen LogP contribution in [0.2, 0.25) is 0 Å². The van der Waals surface area contributed by atoms with E-state index < -0.39 is 10.0 Å². The van der Waals surface area contributed by atoms with Crippen LogP contribution in [0.15, 0.2) is 53.4 Å². The number of carbonyl (C=O) groups is 1. The van der Waals surface area contributed by atoms with Crippen molar-refractivity contribution in [1.82, 2.24) is 9.21 Å². The molecule has 7 nitrogen and oxygen atoms in total. The zero-order chi connectivity index (χ0) is 19.4. The smallest absolute Gasteiger partial charge is 0.253 e. The summed E-state index contributed by atoms with van der Waals surface area (Å²) in [6.45, 7) is 1.66. The third-order valence-electron chi connectivity index (χ3n) is 4.66. The van der Waals surface area contributed by atoms with E-state index in [0.717, 1.165) is 5.56 Å². The van der Waals surface area contributed by atoms with E-state index in [4.69, 9.17) is 10.5 Å². The van der Waals surface area contributed by atoms with Crippen molar-refractivity contribution in [2.24, 2.45) is 5.73 Å². The molecule has 0 aliphatic carbocycles. The van der Waals surface area contributed by atoms with Crippen molar-refractivity contribution in [3.8, 4) is 5.75 Å². The minimum atomic E-state index is -3.58. The molecule has 0 bridgehead atoms. The van der Waals surface area contributed by atoms with Gasteiger partial charge in [0.15, 0.2) is 0 Å². The van der Waals surface area contributed by atoms with Crippen LogP contribution in [0.1, 0.15) is 15.9 Å². The molecule has 3 rings (SSSR count). The average Bonchev–Trinajstić information content (AvgIpc) is 2.73. The number of carbonyl (C=O) groups excluding carboxylic acids is 1. The molecule has 1 amide bonds. The first-order valence-corrected chi connectivity index (χ1v) is 10.1. The highest BCUT2D eigenvalue weighted by molar-refractivity contribution is 7.89. The normalized spacial score (nSPS) is 15.0. The van der Waals surface area contributed by atoms with Crippen LogP contribution in [0.25, 0.3) is 0 Å². The monoisotopic (exact) mass is 425 g/mol. The van der Waals surface area contributed by atoms with E-state index in [1.807, 2.05) is 12.1 Å². The van der Waals surface area contributed by atoms with Crippen LogP contribution < -0.4 is 10.5 Å². The SMILES string of the molecule is COc1ccc(S(=O)(=O)N2CCN(C(=O)c3ccc(CN)cc3)CC2)cc1.Cl. The fraction of sp³-hybridized carbons (Fsp3) is 0.316. The molecule has 0 spiro atoms. The highest BCUT2D eigenvalue weighted by Gasteiger charge is 2.30. The molecule has 0 aromatic heterocycles. The standard InChI is InChI=1S/C19H23N3O4S.ClH/c1-26-17-6-8-18(9-7-17)27(24,25)22-12-10-21(11-13-22)19(23)16-4-2-15(14-20)3-5-16;/h2-9H,10-14,20H2,1H3;1H. The van der Waals surface area contributed by atoms with Crippen LogP contribution in [0, 0.1) is 0 Å². The number of piperazine rings is 1. The molecule has 9 heteroatoms. The molecule has 2 N–H and O–H groups in total. The summed E-state index contributed by atoms with van der Waals surface area (Å²) in [5.41, 5.74) is 7.12. The Kier molecular flexibility index (Phi) is 7.42. The Labute approximate surface area is 171 Å². The zero-order valence-electron chi connectivity index (χ0n) is 15.6. The Morgan fingerprint density at radius 2 is 1.57 bits per heavy atom. The highest BCUT2D eigenvalue weighted by Crippen LogP contribution is 2.21. The molecule has 0 radical (unpaired) electrons. The summed E-state index contributed by atoms with van der Waals surface area (Å²) in [4.78, 5) is 14.5. The Hall–Kier alpha value is -2.13. The average molecular weight is 426 g/mol. The highest BCUT2D eigenvalue weighted by atomic mass is 35.5. The van der Waals surface area contributed by atoms with Crippen molar-refractivity contribution in [1.29, 1.82) is 0 Å². The van der Waals surface area contributed by atoms with E-state index in [1.165, 1.54) is 23.5 Å². The number of ether oxygens (including phenoxy) is 1. The Morgan fingerprint density at radius 3 is 2.07 bits per heavy atom. The lowest BCUT2D eigenvalue weighted by Crippen LogP contribution is -2.50. The van der Waals surface area contributed by atoms with Gasteiger partial charge in [0.1, 0.15) is 5.75 Å². The molecule has 28 heavy (non-hydrogen) atoms. The molecular formula is C19H24ClN3O4S. The van der Waals surface area contributed by atoms with Crippen molar-refractivity contribution >= 4 is 28.3 Å². The number of hydrogen-bond donors (Lipinski definition) is 1. The maximum atomic E-state index is 12.8.